The van der Waals surface area contributed by atoms with Gasteiger partial charge in [-0.15, -0.1) is 0 Å². The van der Waals surface area contributed by atoms with Crippen LogP contribution in [0.2, 0.25) is 0 Å². The molecule has 0 radical (unpaired) electrons. The van der Waals surface area contributed by atoms with E-state index in [9.17, 15) is 4.79 Å². The first-order chi connectivity index (χ1) is 8.63. The molecule has 0 aliphatic rings. The second-order valence-electron chi connectivity index (χ2n) is 4.24. The molecule has 1 unspecified atom stereocenters. The molecule has 0 spiro atoms. The molecule has 0 saturated carbocycles. The Morgan fingerprint density at radius 1 is 1.61 bits per heavy atom. The van der Waals surface area contributed by atoms with Crippen LogP contribution in [0.3, 0.4) is 0 Å². The third kappa shape index (κ3) is 2.30. The van der Waals surface area contributed by atoms with Gasteiger partial charge < -0.3 is 9.32 Å². The minimum atomic E-state index is -0.116. The number of carbonyl (C=O) groups excluding carboxylic acids is 1. The van der Waals surface area contributed by atoms with Crippen molar-refractivity contribution < 1.29 is 9.21 Å². The molecule has 0 aromatic carbocycles. The van der Waals surface area contributed by atoms with E-state index in [1.165, 1.54) is 0 Å². The van der Waals surface area contributed by atoms with E-state index in [1.807, 2.05) is 26.0 Å². The normalized spacial score (nSPS) is 12.4. The lowest BCUT2D eigenvalue weighted by atomic mass is 10.2. The van der Waals surface area contributed by atoms with Crippen LogP contribution in [0.1, 0.15) is 41.8 Å². The van der Waals surface area contributed by atoms with E-state index in [0.717, 1.165) is 17.9 Å². The molecule has 2 heterocycles. The molecule has 18 heavy (non-hydrogen) atoms. The van der Waals surface area contributed by atoms with Crippen LogP contribution < -0.4 is 0 Å². The number of furan rings is 1. The van der Waals surface area contributed by atoms with Crippen molar-refractivity contribution in [3.8, 4) is 0 Å². The van der Waals surface area contributed by atoms with Gasteiger partial charge in [0.15, 0.2) is 0 Å². The number of amides is 1. The highest BCUT2D eigenvalue weighted by Gasteiger charge is 2.22. The Bertz CT molecular complexity index is 516. The van der Waals surface area contributed by atoms with Crippen molar-refractivity contribution >= 4 is 5.91 Å². The SMILES string of the molecule is CCc1cc(C(=O)N(C)C(C)c2ccco2)n[nH]1. The van der Waals surface area contributed by atoms with Crippen molar-refractivity contribution in [2.24, 2.45) is 0 Å². The van der Waals surface area contributed by atoms with Crippen LogP contribution in [0.25, 0.3) is 0 Å². The monoisotopic (exact) mass is 247 g/mol. The van der Waals surface area contributed by atoms with Crippen molar-refractivity contribution in [2.75, 3.05) is 7.05 Å². The summed E-state index contributed by atoms with van der Waals surface area (Å²) in [4.78, 5) is 13.8. The number of H-pyrrole nitrogens is 1. The van der Waals surface area contributed by atoms with Gasteiger partial charge in [0.1, 0.15) is 11.5 Å². The minimum Gasteiger partial charge on any atom is -0.467 e. The van der Waals surface area contributed by atoms with Gasteiger partial charge in [0.25, 0.3) is 5.91 Å². The van der Waals surface area contributed by atoms with Gasteiger partial charge in [-0.25, -0.2) is 0 Å². The van der Waals surface area contributed by atoms with Gasteiger partial charge in [-0.1, -0.05) is 6.92 Å². The average Bonchev–Trinajstić information content (AvgIpc) is 3.06. The highest BCUT2D eigenvalue weighted by Crippen LogP contribution is 2.20. The zero-order valence-electron chi connectivity index (χ0n) is 10.8. The predicted molar refractivity (Wildman–Crippen MR) is 67.2 cm³/mol. The molecule has 1 N–H and O–H groups in total. The molecule has 1 amide bonds. The molecular formula is C13H17N3O2. The number of aromatic nitrogens is 2. The maximum absolute atomic E-state index is 12.2. The number of nitrogens with one attached hydrogen (secondary N) is 1. The molecule has 1 atom stereocenters. The summed E-state index contributed by atoms with van der Waals surface area (Å²) < 4.78 is 5.31. The fraction of sp³-hybridized carbons (Fsp3) is 0.385. The number of aryl methyl sites for hydroxylation is 1. The molecule has 0 aliphatic heterocycles. The lowest BCUT2D eigenvalue weighted by Gasteiger charge is -2.22. The van der Waals surface area contributed by atoms with E-state index in [1.54, 1.807) is 24.3 Å². The van der Waals surface area contributed by atoms with Gasteiger partial charge in [-0.3, -0.25) is 9.89 Å². The number of rotatable bonds is 4. The summed E-state index contributed by atoms with van der Waals surface area (Å²) in [6.45, 7) is 3.93. The van der Waals surface area contributed by atoms with Gasteiger partial charge in [0, 0.05) is 12.7 Å². The second-order valence-corrected chi connectivity index (χ2v) is 4.24. The lowest BCUT2D eigenvalue weighted by Crippen LogP contribution is -2.29. The molecule has 5 heteroatoms. The Morgan fingerprint density at radius 3 is 2.94 bits per heavy atom. The summed E-state index contributed by atoms with van der Waals surface area (Å²) in [5.41, 5.74) is 1.39. The quantitative estimate of drug-likeness (QED) is 0.902. The fourth-order valence-corrected chi connectivity index (χ4v) is 1.73. The number of hydrogen-bond donors (Lipinski definition) is 1. The molecule has 0 saturated heterocycles. The smallest absolute Gasteiger partial charge is 0.274 e. The first-order valence-electron chi connectivity index (χ1n) is 5.98. The van der Waals surface area contributed by atoms with E-state index < -0.39 is 0 Å². The van der Waals surface area contributed by atoms with Crippen LogP contribution in [-0.4, -0.2) is 28.1 Å². The van der Waals surface area contributed by atoms with Crippen molar-refractivity contribution in [3.63, 3.8) is 0 Å². The van der Waals surface area contributed by atoms with Crippen molar-refractivity contribution in [1.29, 1.82) is 0 Å². The third-order valence-corrected chi connectivity index (χ3v) is 3.09. The third-order valence-electron chi connectivity index (χ3n) is 3.09. The molecule has 2 rings (SSSR count). The predicted octanol–water partition coefficient (Wildman–Crippen LogP) is 2.40. The molecule has 0 fully saturated rings. The van der Waals surface area contributed by atoms with E-state index in [4.69, 9.17) is 4.42 Å². The van der Waals surface area contributed by atoms with Crippen molar-refractivity contribution in [2.45, 2.75) is 26.3 Å². The first-order valence-corrected chi connectivity index (χ1v) is 5.98. The van der Waals surface area contributed by atoms with Gasteiger partial charge in [-0.2, -0.15) is 5.10 Å². The van der Waals surface area contributed by atoms with E-state index in [-0.39, 0.29) is 11.9 Å². The van der Waals surface area contributed by atoms with Gasteiger partial charge in [-0.05, 0) is 31.5 Å². The summed E-state index contributed by atoms with van der Waals surface area (Å²) in [6.07, 6.45) is 2.44. The minimum absolute atomic E-state index is 0.116. The van der Waals surface area contributed by atoms with Crippen molar-refractivity contribution in [1.82, 2.24) is 15.1 Å². The second kappa shape index (κ2) is 5.08. The fourth-order valence-electron chi connectivity index (χ4n) is 1.73. The zero-order chi connectivity index (χ0) is 13.1. The Hall–Kier alpha value is -2.04. The van der Waals surface area contributed by atoms with Crippen LogP contribution >= 0.6 is 0 Å². The van der Waals surface area contributed by atoms with Gasteiger partial charge in [0.05, 0.1) is 12.3 Å². The van der Waals surface area contributed by atoms with Gasteiger partial charge in [0.2, 0.25) is 0 Å². The Morgan fingerprint density at radius 2 is 2.39 bits per heavy atom. The molecule has 2 aromatic rings. The van der Waals surface area contributed by atoms with Crippen LogP contribution in [0, 0.1) is 0 Å². The topological polar surface area (TPSA) is 62.1 Å². The molecule has 0 bridgehead atoms. The molecule has 5 nitrogen and oxygen atoms in total. The summed E-state index contributed by atoms with van der Waals surface area (Å²) in [5.74, 6) is 0.645. The standard InChI is InChI=1S/C13H17N3O2/c1-4-10-8-11(15-14-10)13(17)16(3)9(2)12-6-5-7-18-12/h5-9H,4H2,1-3H3,(H,14,15). The Balaban J connectivity index is 2.13. The highest BCUT2D eigenvalue weighted by molar-refractivity contribution is 5.92. The Labute approximate surface area is 106 Å². The molecule has 0 aliphatic carbocycles. The largest absolute Gasteiger partial charge is 0.467 e. The average molecular weight is 247 g/mol. The lowest BCUT2D eigenvalue weighted by molar-refractivity contribution is 0.0720. The summed E-state index contributed by atoms with van der Waals surface area (Å²) in [5, 5.41) is 6.87. The van der Waals surface area contributed by atoms with Crippen molar-refractivity contribution in [3.05, 3.63) is 41.6 Å². The zero-order valence-corrected chi connectivity index (χ0v) is 10.8. The van der Waals surface area contributed by atoms with Crippen LogP contribution in [0.15, 0.2) is 28.9 Å². The summed E-state index contributed by atoms with van der Waals surface area (Å²) >= 11 is 0. The maximum atomic E-state index is 12.2. The van der Waals surface area contributed by atoms with Gasteiger partial charge >= 0.3 is 0 Å². The number of aromatic amines is 1. The van der Waals surface area contributed by atoms with E-state index in [2.05, 4.69) is 10.2 Å². The number of nitrogens with zero attached hydrogens (tertiary/aromatic N) is 2. The number of carbonyl (C=O) groups is 1. The van der Waals surface area contributed by atoms with E-state index in [0.29, 0.717) is 5.69 Å². The Kier molecular flexibility index (Phi) is 3.50. The summed E-state index contributed by atoms with van der Waals surface area (Å²) in [7, 11) is 1.75. The first kappa shape index (κ1) is 12.4. The number of hydrogen-bond acceptors (Lipinski definition) is 3. The van der Waals surface area contributed by atoms with E-state index >= 15 is 0 Å². The molecule has 96 valence electrons. The van der Waals surface area contributed by atoms with Crippen LogP contribution in [-0.2, 0) is 6.42 Å². The highest BCUT2D eigenvalue weighted by atomic mass is 16.3. The molecular weight excluding hydrogens is 230 g/mol. The summed E-state index contributed by atoms with van der Waals surface area (Å²) in [6, 6.07) is 5.34. The van der Waals surface area contributed by atoms with Crippen LogP contribution in [0.5, 0.6) is 0 Å². The van der Waals surface area contributed by atoms with Crippen LogP contribution in [0.4, 0.5) is 0 Å². The maximum Gasteiger partial charge on any atom is 0.274 e. The molecule has 2 aromatic heterocycles.